The molecule has 0 radical (unpaired) electrons. The highest BCUT2D eigenvalue weighted by atomic mass is 32.2. The molecule has 0 N–H and O–H groups in total. The molecule has 1 unspecified atom stereocenters. The summed E-state index contributed by atoms with van der Waals surface area (Å²) < 4.78 is 39.8. The standard InChI is InChI=1S/C27H22N2O4S/c1-32-18-33-24-11-12-26-23(15-24)16-27(29(26)34(30,31)25-5-3-2-4-6-25)21-10-9-20-8-7-19(17-28)13-22(20)14-21/h2-15,27H,16,18H2,1H3. The monoisotopic (exact) mass is 470 g/mol. The van der Waals surface area contributed by atoms with Gasteiger partial charge in [-0.05, 0) is 70.4 Å². The summed E-state index contributed by atoms with van der Waals surface area (Å²) in [6, 6.07) is 27.0. The van der Waals surface area contributed by atoms with Crippen molar-refractivity contribution in [2.75, 3.05) is 18.2 Å². The van der Waals surface area contributed by atoms with Gasteiger partial charge in [0.25, 0.3) is 10.0 Å². The maximum Gasteiger partial charge on any atom is 0.264 e. The van der Waals surface area contributed by atoms with Crippen LogP contribution in [0.15, 0.2) is 89.8 Å². The minimum Gasteiger partial charge on any atom is -0.468 e. The summed E-state index contributed by atoms with van der Waals surface area (Å²) in [5.74, 6) is 0.621. The number of sulfonamides is 1. The molecular weight excluding hydrogens is 448 g/mol. The second kappa shape index (κ2) is 8.82. The van der Waals surface area contributed by atoms with Crippen LogP contribution in [0.1, 0.15) is 22.7 Å². The molecule has 4 aromatic carbocycles. The van der Waals surface area contributed by atoms with E-state index in [-0.39, 0.29) is 11.7 Å². The van der Waals surface area contributed by atoms with Gasteiger partial charge >= 0.3 is 0 Å². The van der Waals surface area contributed by atoms with E-state index in [0.717, 1.165) is 21.9 Å². The number of rotatable bonds is 6. The van der Waals surface area contributed by atoms with Crippen LogP contribution in [0.2, 0.25) is 0 Å². The zero-order valence-corrected chi connectivity index (χ0v) is 19.3. The highest BCUT2D eigenvalue weighted by molar-refractivity contribution is 7.92. The number of fused-ring (bicyclic) bond motifs is 2. The van der Waals surface area contributed by atoms with Crippen LogP contribution in [-0.2, 0) is 21.2 Å². The molecule has 0 spiro atoms. The molecule has 1 aliphatic rings. The van der Waals surface area contributed by atoms with Gasteiger partial charge in [0.05, 0.1) is 28.3 Å². The number of nitrogens with zero attached hydrogens (tertiary/aromatic N) is 2. The second-order valence-electron chi connectivity index (χ2n) is 8.11. The van der Waals surface area contributed by atoms with Crippen molar-refractivity contribution in [3.63, 3.8) is 0 Å². The largest absolute Gasteiger partial charge is 0.468 e. The Morgan fingerprint density at radius 2 is 1.76 bits per heavy atom. The first-order valence-electron chi connectivity index (χ1n) is 10.8. The third-order valence-corrected chi connectivity index (χ3v) is 7.84. The predicted molar refractivity (Wildman–Crippen MR) is 130 cm³/mol. The lowest BCUT2D eigenvalue weighted by Crippen LogP contribution is -2.32. The van der Waals surface area contributed by atoms with Gasteiger partial charge < -0.3 is 9.47 Å². The molecular formula is C27H22N2O4S. The normalized spacial score (nSPS) is 15.2. The van der Waals surface area contributed by atoms with Crippen LogP contribution in [0.3, 0.4) is 0 Å². The molecule has 7 heteroatoms. The smallest absolute Gasteiger partial charge is 0.264 e. The summed E-state index contributed by atoms with van der Waals surface area (Å²) >= 11 is 0. The first-order chi connectivity index (χ1) is 16.5. The number of ether oxygens (including phenoxy) is 2. The van der Waals surface area contributed by atoms with Gasteiger partial charge in [-0.15, -0.1) is 0 Å². The molecule has 170 valence electrons. The van der Waals surface area contributed by atoms with Crippen LogP contribution >= 0.6 is 0 Å². The van der Waals surface area contributed by atoms with Gasteiger partial charge in [-0.1, -0.05) is 36.4 Å². The topological polar surface area (TPSA) is 79.6 Å². The fraction of sp³-hybridized carbons (Fsp3) is 0.148. The molecule has 0 bridgehead atoms. The van der Waals surface area contributed by atoms with Crippen molar-refractivity contribution in [2.24, 2.45) is 0 Å². The van der Waals surface area contributed by atoms with Crippen molar-refractivity contribution >= 4 is 26.5 Å². The highest BCUT2D eigenvalue weighted by Crippen LogP contribution is 2.45. The Bertz CT molecular complexity index is 1510. The van der Waals surface area contributed by atoms with Crippen molar-refractivity contribution in [3.8, 4) is 11.8 Å². The van der Waals surface area contributed by atoms with E-state index in [1.807, 2.05) is 36.4 Å². The number of hydrogen-bond acceptors (Lipinski definition) is 5. The lowest BCUT2D eigenvalue weighted by molar-refractivity contribution is 0.0511. The number of nitriles is 1. The van der Waals surface area contributed by atoms with Crippen LogP contribution in [0, 0.1) is 11.3 Å². The molecule has 5 rings (SSSR count). The lowest BCUT2D eigenvalue weighted by Gasteiger charge is -2.27. The van der Waals surface area contributed by atoms with Crippen LogP contribution in [-0.4, -0.2) is 22.3 Å². The zero-order chi connectivity index (χ0) is 23.7. The molecule has 4 aromatic rings. The molecule has 1 heterocycles. The average molecular weight is 471 g/mol. The molecule has 0 saturated carbocycles. The molecule has 0 amide bonds. The van der Waals surface area contributed by atoms with E-state index in [4.69, 9.17) is 9.47 Å². The van der Waals surface area contributed by atoms with Crippen LogP contribution < -0.4 is 9.04 Å². The molecule has 34 heavy (non-hydrogen) atoms. The fourth-order valence-corrected chi connectivity index (χ4v) is 6.11. The summed E-state index contributed by atoms with van der Waals surface area (Å²) in [6.07, 6.45) is 0.495. The highest BCUT2D eigenvalue weighted by Gasteiger charge is 2.39. The molecule has 1 aliphatic heterocycles. The average Bonchev–Trinajstić information content (AvgIpc) is 3.27. The maximum absolute atomic E-state index is 13.8. The van der Waals surface area contributed by atoms with Gasteiger partial charge in [-0.25, -0.2) is 8.42 Å². The van der Waals surface area contributed by atoms with Gasteiger partial charge in [-0.2, -0.15) is 5.26 Å². The Hall–Kier alpha value is -3.86. The maximum atomic E-state index is 13.8. The van der Waals surface area contributed by atoms with E-state index < -0.39 is 16.1 Å². The third kappa shape index (κ3) is 3.87. The van der Waals surface area contributed by atoms with E-state index in [1.54, 1.807) is 55.6 Å². The summed E-state index contributed by atoms with van der Waals surface area (Å²) in [7, 11) is -2.28. The number of methoxy groups -OCH3 is 1. The summed E-state index contributed by atoms with van der Waals surface area (Å²) in [4.78, 5) is 0.236. The Morgan fingerprint density at radius 1 is 0.971 bits per heavy atom. The Balaban J connectivity index is 1.64. The first-order valence-corrected chi connectivity index (χ1v) is 12.2. The van der Waals surface area contributed by atoms with Gasteiger partial charge in [-0.3, -0.25) is 4.31 Å². The van der Waals surface area contributed by atoms with Crippen molar-refractivity contribution in [2.45, 2.75) is 17.4 Å². The van der Waals surface area contributed by atoms with E-state index in [2.05, 4.69) is 6.07 Å². The fourth-order valence-electron chi connectivity index (χ4n) is 4.41. The Labute approximate surface area is 198 Å². The predicted octanol–water partition coefficient (Wildman–Crippen LogP) is 5.19. The molecule has 0 aromatic heterocycles. The van der Waals surface area contributed by atoms with E-state index in [1.165, 1.54) is 4.31 Å². The number of anilines is 1. The van der Waals surface area contributed by atoms with E-state index >= 15 is 0 Å². The van der Waals surface area contributed by atoms with Crippen molar-refractivity contribution in [1.82, 2.24) is 0 Å². The SMILES string of the molecule is COCOc1ccc2c(c1)CC(c1ccc3ccc(C#N)cc3c1)N2S(=O)(=O)c1ccccc1. The first kappa shape index (κ1) is 22.0. The molecule has 0 aliphatic carbocycles. The Kier molecular flexibility index (Phi) is 5.70. The Morgan fingerprint density at radius 3 is 2.53 bits per heavy atom. The molecule has 0 saturated heterocycles. The van der Waals surface area contributed by atoms with Gasteiger partial charge in [0.1, 0.15) is 5.75 Å². The lowest BCUT2D eigenvalue weighted by atomic mass is 9.98. The van der Waals surface area contributed by atoms with E-state index in [0.29, 0.717) is 23.4 Å². The summed E-state index contributed by atoms with van der Waals surface area (Å²) in [6.45, 7) is 0.111. The second-order valence-corrected chi connectivity index (χ2v) is 9.92. The quantitative estimate of drug-likeness (QED) is 0.363. The zero-order valence-electron chi connectivity index (χ0n) is 18.5. The molecule has 6 nitrogen and oxygen atoms in total. The van der Waals surface area contributed by atoms with Crippen LogP contribution in [0.4, 0.5) is 5.69 Å². The van der Waals surface area contributed by atoms with Crippen molar-refractivity contribution < 1.29 is 17.9 Å². The van der Waals surface area contributed by atoms with Gasteiger partial charge in [0.15, 0.2) is 6.79 Å². The minimum absolute atomic E-state index is 0.111. The van der Waals surface area contributed by atoms with Gasteiger partial charge in [0, 0.05) is 13.5 Å². The van der Waals surface area contributed by atoms with Crippen LogP contribution in [0.5, 0.6) is 5.75 Å². The number of benzene rings is 4. The van der Waals surface area contributed by atoms with E-state index in [9.17, 15) is 13.7 Å². The number of hydrogen-bond donors (Lipinski definition) is 0. The summed E-state index contributed by atoms with van der Waals surface area (Å²) in [5, 5.41) is 11.2. The third-order valence-electron chi connectivity index (χ3n) is 6.01. The molecule has 0 fully saturated rings. The van der Waals surface area contributed by atoms with Crippen LogP contribution in [0.25, 0.3) is 10.8 Å². The van der Waals surface area contributed by atoms with Crippen molar-refractivity contribution in [1.29, 1.82) is 5.26 Å². The summed E-state index contributed by atoms with van der Waals surface area (Å²) in [5.41, 5.74) is 2.93. The van der Waals surface area contributed by atoms with Crippen molar-refractivity contribution in [3.05, 3.63) is 102 Å². The molecule has 1 atom stereocenters. The van der Waals surface area contributed by atoms with Gasteiger partial charge in [0.2, 0.25) is 0 Å². The minimum atomic E-state index is -3.83.